The van der Waals surface area contributed by atoms with Crippen LogP contribution >= 0.6 is 0 Å². The van der Waals surface area contributed by atoms with Crippen LogP contribution in [0.4, 0.5) is 11.4 Å². The van der Waals surface area contributed by atoms with Crippen molar-refractivity contribution < 1.29 is 14.4 Å². The smallest absolute Gasteiger partial charge is 0.228 e. The molecule has 0 radical (unpaired) electrons. The zero-order valence-corrected chi connectivity index (χ0v) is 13.4. The highest BCUT2D eigenvalue weighted by Gasteiger charge is 2.19. The Morgan fingerprint density at radius 3 is 2.58 bits per heavy atom. The summed E-state index contributed by atoms with van der Waals surface area (Å²) in [5.41, 5.74) is 3.96. The molecule has 2 aromatic carbocycles. The molecule has 2 amide bonds. The summed E-state index contributed by atoms with van der Waals surface area (Å²) >= 11 is 0. The standard InChI is InChI=1S/C19H18N2O3/c1-12-2-5-15(6-3-12)20-18(23)9-8-17(22)13-4-7-16-14(10-13)11-19(24)21-16/h2-7,10H,8-9,11H2,1H3,(H,20,23)(H,21,24). The van der Waals surface area contributed by atoms with E-state index in [4.69, 9.17) is 0 Å². The van der Waals surface area contributed by atoms with Crippen LogP contribution < -0.4 is 10.6 Å². The number of aryl methyl sites for hydroxylation is 1. The van der Waals surface area contributed by atoms with Gasteiger partial charge in [0.2, 0.25) is 11.8 Å². The first-order chi connectivity index (χ1) is 11.5. The summed E-state index contributed by atoms with van der Waals surface area (Å²) < 4.78 is 0. The third-order valence-corrected chi connectivity index (χ3v) is 3.97. The van der Waals surface area contributed by atoms with Crippen LogP contribution in [-0.4, -0.2) is 17.6 Å². The summed E-state index contributed by atoms with van der Waals surface area (Å²) in [7, 11) is 0. The Balaban J connectivity index is 1.55. The van der Waals surface area contributed by atoms with Crippen molar-refractivity contribution in [1.82, 2.24) is 0 Å². The molecule has 1 aliphatic heterocycles. The fraction of sp³-hybridized carbons (Fsp3) is 0.211. The molecule has 0 spiro atoms. The van der Waals surface area contributed by atoms with E-state index < -0.39 is 0 Å². The number of Topliss-reactive ketones (excluding diaryl/α,β-unsaturated/α-hetero) is 1. The van der Waals surface area contributed by atoms with E-state index in [-0.39, 0.29) is 30.4 Å². The van der Waals surface area contributed by atoms with Gasteiger partial charge >= 0.3 is 0 Å². The van der Waals surface area contributed by atoms with Crippen molar-refractivity contribution in [2.75, 3.05) is 10.6 Å². The first-order valence-corrected chi connectivity index (χ1v) is 7.84. The van der Waals surface area contributed by atoms with E-state index in [9.17, 15) is 14.4 Å². The Bertz CT molecular complexity index is 810. The van der Waals surface area contributed by atoms with Gasteiger partial charge in [-0.2, -0.15) is 0 Å². The van der Waals surface area contributed by atoms with E-state index in [1.165, 1.54) is 0 Å². The largest absolute Gasteiger partial charge is 0.326 e. The molecule has 1 aliphatic rings. The van der Waals surface area contributed by atoms with Crippen LogP contribution in [0, 0.1) is 6.92 Å². The number of rotatable bonds is 5. The molecule has 0 aromatic heterocycles. The summed E-state index contributed by atoms with van der Waals surface area (Å²) in [5.74, 6) is -0.353. The molecule has 0 fully saturated rings. The van der Waals surface area contributed by atoms with Crippen LogP contribution in [0.2, 0.25) is 0 Å². The van der Waals surface area contributed by atoms with Crippen molar-refractivity contribution in [1.29, 1.82) is 0 Å². The Labute approximate surface area is 140 Å². The second-order valence-electron chi connectivity index (χ2n) is 5.93. The van der Waals surface area contributed by atoms with Crippen LogP contribution in [-0.2, 0) is 16.0 Å². The Morgan fingerprint density at radius 2 is 1.83 bits per heavy atom. The molecule has 0 bridgehead atoms. The highest BCUT2D eigenvalue weighted by molar-refractivity contribution is 6.03. The second-order valence-corrected chi connectivity index (χ2v) is 5.93. The third kappa shape index (κ3) is 3.68. The van der Waals surface area contributed by atoms with Gasteiger partial charge in [-0.1, -0.05) is 17.7 Å². The van der Waals surface area contributed by atoms with Gasteiger partial charge in [0.15, 0.2) is 5.78 Å². The molecule has 2 aromatic rings. The highest BCUT2D eigenvalue weighted by atomic mass is 16.2. The van der Waals surface area contributed by atoms with Gasteiger partial charge in [-0.05, 0) is 42.8 Å². The quantitative estimate of drug-likeness (QED) is 0.831. The number of carbonyl (C=O) groups excluding carboxylic acids is 3. The van der Waals surface area contributed by atoms with Crippen LogP contribution in [0.1, 0.15) is 34.3 Å². The minimum absolute atomic E-state index is 0.0629. The predicted octanol–water partition coefficient (Wildman–Crippen LogP) is 3.09. The number of anilines is 2. The summed E-state index contributed by atoms with van der Waals surface area (Å²) in [4.78, 5) is 35.5. The lowest BCUT2D eigenvalue weighted by Gasteiger charge is -2.06. The van der Waals surface area contributed by atoms with E-state index in [0.29, 0.717) is 12.0 Å². The average molecular weight is 322 g/mol. The molecule has 0 atom stereocenters. The topological polar surface area (TPSA) is 75.3 Å². The molecule has 0 saturated heterocycles. The summed E-state index contributed by atoms with van der Waals surface area (Å²) in [6.45, 7) is 1.98. The lowest BCUT2D eigenvalue weighted by Crippen LogP contribution is -2.13. The normalized spacial score (nSPS) is 12.5. The van der Waals surface area contributed by atoms with Gasteiger partial charge in [-0.3, -0.25) is 14.4 Å². The minimum Gasteiger partial charge on any atom is -0.326 e. The van der Waals surface area contributed by atoms with E-state index >= 15 is 0 Å². The van der Waals surface area contributed by atoms with Crippen molar-refractivity contribution in [2.24, 2.45) is 0 Å². The molecule has 5 heteroatoms. The van der Waals surface area contributed by atoms with Gasteiger partial charge in [0, 0.05) is 29.8 Å². The molecule has 5 nitrogen and oxygen atoms in total. The molecular weight excluding hydrogens is 304 g/mol. The number of fused-ring (bicyclic) bond motifs is 1. The maximum Gasteiger partial charge on any atom is 0.228 e. The number of ketones is 1. The van der Waals surface area contributed by atoms with Gasteiger partial charge in [0.05, 0.1) is 6.42 Å². The lowest BCUT2D eigenvalue weighted by molar-refractivity contribution is -0.116. The first-order valence-electron chi connectivity index (χ1n) is 7.84. The van der Waals surface area contributed by atoms with Crippen molar-refractivity contribution in [3.8, 4) is 0 Å². The number of amides is 2. The molecule has 0 aliphatic carbocycles. The molecule has 0 unspecified atom stereocenters. The zero-order chi connectivity index (χ0) is 17.1. The number of hydrogen-bond acceptors (Lipinski definition) is 3. The Morgan fingerprint density at radius 1 is 1.08 bits per heavy atom. The van der Waals surface area contributed by atoms with E-state index in [1.807, 2.05) is 31.2 Å². The van der Waals surface area contributed by atoms with Gasteiger partial charge in [0.25, 0.3) is 0 Å². The zero-order valence-electron chi connectivity index (χ0n) is 13.4. The van der Waals surface area contributed by atoms with Crippen LogP contribution in [0.5, 0.6) is 0 Å². The van der Waals surface area contributed by atoms with Gasteiger partial charge < -0.3 is 10.6 Å². The third-order valence-electron chi connectivity index (χ3n) is 3.97. The van der Waals surface area contributed by atoms with Crippen molar-refractivity contribution in [3.05, 3.63) is 59.2 Å². The maximum atomic E-state index is 12.2. The highest BCUT2D eigenvalue weighted by Crippen LogP contribution is 2.24. The predicted molar refractivity (Wildman–Crippen MR) is 92.1 cm³/mol. The van der Waals surface area contributed by atoms with Crippen molar-refractivity contribution in [3.63, 3.8) is 0 Å². The first kappa shape index (κ1) is 15.9. The number of hydrogen-bond donors (Lipinski definition) is 2. The second kappa shape index (κ2) is 6.66. The van der Waals surface area contributed by atoms with E-state index in [2.05, 4.69) is 10.6 Å². The van der Waals surface area contributed by atoms with Gasteiger partial charge in [0.1, 0.15) is 0 Å². The summed E-state index contributed by atoms with van der Waals surface area (Å²) in [6, 6.07) is 12.7. The molecule has 122 valence electrons. The van der Waals surface area contributed by atoms with Gasteiger partial charge in [-0.15, -0.1) is 0 Å². The Hall–Kier alpha value is -2.95. The SMILES string of the molecule is Cc1ccc(NC(=O)CCC(=O)c2ccc3c(c2)CC(=O)N3)cc1. The average Bonchev–Trinajstić information content (AvgIpc) is 2.94. The molecule has 1 heterocycles. The van der Waals surface area contributed by atoms with E-state index in [1.54, 1.807) is 18.2 Å². The van der Waals surface area contributed by atoms with Crippen LogP contribution in [0.15, 0.2) is 42.5 Å². The molecular formula is C19H18N2O3. The van der Waals surface area contributed by atoms with Crippen LogP contribution in [0.3, 0.4) is 0 Å². The number of carbonyl (C=O) groups is 3. The fourth-order valence-electron chi connectivity index (χ4n) is 2.63. The molecule has 2 N–H and O–H groups in total. The summed E-state index contributed by atoms with van der Waals surface area (Å²) in [5, 5.41) is 5.51. The molecule has 24 heavy (non-hydrogen) atoms. The Kier molecular flexibility index (Phi) is 4.42. The molecule has 3 rings (SSSR count). The van der Waals surface area contributed by atoms with E-state index in [0.717, 1.165) is 22.5 Å². The summed E-state index contributed by atoms with van der Waals surface area (Å²) in [6.07, 6.45) is 0.559. The van der Waals surface area contributed by atoms with Crippen molar-refractivity contribution >= 4 is 29.0 Å². The van der Waals surface area contributed by atoms with Crippen LogP contribution in [0.25, 0.3) is 0 Å². The minimum atomic E-state index is -0.190. The number of benzene rings is 2. The maximum absolute atomic E-state index is 12.2. The lowest BCUT2D eigenvalue weighted by atomic mass is 10.0. The fourth-order valence-corrected chi connectivity index (χ4v) is 2.63. The number of nitrogens with one attached hydrogen (secondary N) is 2. The van der Waals surface area contributed by atoms with Crippen molar-refractivity contribution in [2.45, 2.75) is 26.2 Å². The molecule has 0 saturated carbocycles. The van der Waals surface area contributed by atoms with Gasteiger partial charge in [-0.25, -0.2) is 0 Å². The monoisotopic (exact) mass is 322 g/mol.